The monoisotopic (exact) mass is 304 g/mol. The van der Waals surface area contributed by atoms with E-state index in [-0.39, 0.29) is 6.54 Å². The van der Waals surface area contributed by atoms with Crippen LogP contribution in [0.2, 0.25) is 0 Å². The van der Waals surface area contributed by atoms with Gasteiger partial charge in [-0.25, -0.2) is 0 Å². The molecule has 0 saturated carbocycles. The summed E-state index contributed by atoms with van der Waals surface area (Å²) in [7, 11) is 0. The van der Waals surface area contributed by atoms with E-state index in [0.29, 0.717) is 17.1 Å². The minimum absolute atomic E-state index is 0.259. The molecule has 114 valence electrons. The fourth-order valence-electron chi connectivity index (χ4n) is 2.43. The van der Waals surface area contributed by atoms with Crippen LogP contribution in [0.5, 0.6) is 5.75 Å². The van der Waals surface area contributed by atoms with Crippen LogP contribution in [0.4, 0.5) is 0 Å². The SMILES string of the molecule is C#CCN(C1=CC(C)(C)Oc2ccc(C#N)cc21)/C(C)=N/C#N. The van der Waals surface area contributed by atoms with Crippen LogP contribution in [-0.2, 0) is 0 Å². The van der Waals surface area contributed by atoms with E-state index in [1.54, 1.807) is 36.2 Å². The van der Waals surface area contributed by atoms with Crippen LogP contribution in [0.15, 0.2) is 29.3 Å². The third-order valence-electron chi connectivity index (χ3n) is 3.38. The van der Waals surface area contributed by atoms with Crippen molar-refractivity contribution in [1.82, 2.24) is 4.90 Å². The van der Waals surface area contributed by atoms with E-state index in [4.69, 9.17) is 21.7 Å². The zero-order valence-corrected chi connectivity index (χ0v) is 13.3. The first-order valence-electron chi connectivity index (χ1n) is 7.02. The van der Waals surface area contributed by atoms with Crippen LogP contribution in [-0.4, -0.2) is 22.9 Å². The quantitative estimate of drug-likeness (QED) is 0.364. The van der Waals surface area contributed by atoms with E-state index < -0.39 is 5.60 Å². The maximum absolute atomic E-state index is 9.14. The molecule has 0 spiro atoms. The Morgan fingerprint density at radius 1 is 1.39 bits per heavy atom. The summed E-state index contributed by atoms with van der Waals surface area (Å²) in [5.74, 6) is 3.73. The van der Waals surface area contributed by atoms with Crippen molar-refractivity contribution < 1.29 is 4.74 Å². The summed E-state index contributed by atoms with van der Waals surface area (Å²) >= 11 is 0. The van der Waals surface area contributed by atoms with Crippen molar-refractivity contribution in [3.63, 3.8) is 0 Å². The Morgan fingerprint density at radius 3 is 2.74 bits per heavy atom. The largest absolute Gasteiger partial charge is 0.483 e. The van der Waals surface area contributed by atoms with Crippen LogP contribution in [0.25, 0.3) is 5.70 Å². The van der Waals surface area contributed by atoms with Gasteiger partial charge in [0.05, 0.1) is 23.9 Å². The third kappa shape index (κ3) is 3.34. The molecule has 0 N–H and O–H groups in total. The topological polar surface area (TPSA) is 72.4 Å². The average molecular weight is 304 g/mol. The van der Waals surface area contributed by atoms with E-state index >= 15 is 0 Å². The Kier molecular flexibility index (Phi) is 4.39. The Hall–Kier alpha value is -3.23. The number of terminal acetylenes is 1. The first-order chi connectivity index (χ1) is 10.9. The number of hydrogen-bond acceptors (Lipinski definition) is 4. The molecule has 1 aliphatic heterocycles. The van der Waals surface area contributed by atoms with Gasteiger partial charge in [0, 0.05) is 5.56 Å². The molecule has 23 heavy (non-hydrogen) atoms. The lowest BCUT2D eigenvalue weighted by Crippen LogP contribution is -2.35. The Balaban J connectivity index is 2.65. The number of nitrogens with zero attached hydrogens (tertiary/aromatic N) is 4. The highest BCUT2D eigenvalue weighted by Crippen LogP contribution is 2.38. The summed E-state index contributed by atoms with van der Waals surface area (Å²) in [6.45, 7) is 5.84. The van der Waals surface area contributed by atoms with Gasteiger partial charge in [-0.15, -0.1) is 6.42 Å². The zero-order valence-electron chi connectivity index (χ0n) is 13.3. The van der Waals surface area contributed by atoms with Gasteiger partial charge in [-0.3, -0.25) is 0 Å². The first kappa shape index (κ1) is 16.1. The molecule has 0 aliphatic carbocycles. The lowest BCUT2D eigenvalue weighted by Gasteiger charge is -2.35. The maximum atomic E-state index is 9.14. The van der Waals surface area contributed by atoms with Crippen molar-refractivity contribution in [3.8, 4) is 30.4 Å². The highest BCUT2D eigenvalue weighted by Gasteiger charge is 2.30. The van der Waals surface area contributed by atoms with Gasteiger partial charge in [0.2, 0.25) is 6.19 Å². The molecular formula is C18H16N4O. The Labute approximate surface area is 136 Å². The van der Waals surface area contributed by atoms with Crippen molar-refractivity contribution in [2.45, 2.75) is 26.4 Å². The van der Waals surface area contributed by atoms with E-state index in [2.05, 4.69) is 17.0 Å². The lowest BCUT2D eigenvalue weighted by atomic mass is 9.96. The van der Waals surface area contributed by atoms with Crippen LogP contribution in [0.3, 0.4) is 0 Å². The predicted octanol–water partition coefficient (Wildman–Crippen LogP) is 2.90. The molecule has 2 rings (SSSR count). The number of hydrogen-bond donors (Lipinski definition) is 0. The zero-order chi connectivity index (χ0) is 17.0. The molecule has 0 saturated heterocycles. The second-order valence-corrected chi connectivity index (χ2v) is 5.61. The molecule has 1 heterocycles. The summed E-state index contributed by atoms with van der Waals surface area (Å²) in [5, 5.41) is 18.0. The number of rotatable bonds is 2. The van der Waals surface area contributed by atoms with Crippen molar-refractivity contribution in [2.24, 2.45) is 4.99 Å². The lowest BCUT2D eigenvalue weighted by molar-refractivity contribution is 0.156. The molecule has 0 amide bonds. The second-order valence-electron chi connectivity index (χ2n) is 5.61. The second kappa shape index (κ2) is 6.26. The number of ether oxygens (including phenoxy) is 1. The van der Waals surface area contributed by atoms with Gasteiger partial charge in [-0.2, -0.15) is 15.5 Å². The molecule has 5 nitrogen and oxygen atoms in total. The van der Waals surface area contributed by atoms with Crippen LogP contribution >= 0.6 is 0 Å². The minimum atomic E-state index is -0.545. The number of benzene rings is 1. The molecule has 0 atom stereocenters. The highest BCUT2D eigenvalue weighted by atomic mass is 16.5. The van der Waals surface area contributed by atoms with Crippen molar-refractivity contribution in [2.75, 3.05) is 6.54 Å². The third-order valence-corrected chi connectivity index (χ3v) is 3.38. The fourth-order valence-corrected chi connectivity index (χ4v) is 2.43. The number of fused-ring (bicyclic) bond motifs is 1. The molecule has 5 heteroatoms. The van der Waals surface area contributed by atoms with Crippen molar-refractivity contribution in [3.05, 3.63) is 35.4 Å². The Bertz CT molecular complexity index is 813. The van der Waals surface area contributed by atoms with Gasteiger partial charge in [0.15, 0.2) is 0 Å². The van der Waals surface area contributed by atoms with E-state index in [1.165, 1.54) is 0 Å². The molecular weight excluding hydrogens is 288 g/mol. The molecule has 0 bridgehead atoms. The van der Waals surface area contributed by atoms with E-state index in [9.17, 15) is 0 Å². The molecule has 0 fully saturated rings. The van der Waals surface area contributed by atoms with Crippen LogP contribution in [0, 0.1) is 35.1 Å². The van der Waals surface area contributed by atoms with E-state index in [1.807, 2.05) is 19.9 Å². The van der Waals surface area contributed by atoms with Gasteiger partial charge in [0.1, 0.15) is 17.2 Å². The van der Waals surface area contributed by atoms with Crippen molar-refractivity contribution in [1.29, 1.82) is 10.5 Å². The molecule has 1 aromatic rings. The summed E-state index contributed by atoms with van der Waals surface area (Å²) in [5.41, 5.74) is 1.51. The highest BCUT2D eigenvalue weighted by molar-refractivity contribution is 5.91. The average Bonchev–Trinajstić information content (AvgIpc) is 2.51. The summed E-state index contributed by atoms with van der Waals surface area (Å²) in [4.78, 5) is 5.56. The van der Waals surface area contributed by atoms with Gasteiger partial charge in [-0.05, 0) is 45.0 Å². The Morgan fingerprint density at radius 2 is 2.13 bits per heavy atom. The molecule has 0 radical (unpaired) electrons. The van der Waals surface area contributed by atoms with Crippen molar-refractivity contribution >= 4 is 11.5 Å². The van der Waals surface area contributed by atoms with Gasteiger partial charge < -0.3 is 9.64 Å². The summed E-state index contributed by atoms with van der Waals surface area (Å²) in [6.07, 6.45) is 9.17. The maximum Gasteiger partial charge on any atom is 0.207 e. The van der Waals surface area contributed by atoms with Crippen LogP contribution in [0.1, 0.15) is 31.9 Å². The van der Waals surface area contributed by atoms with Gasteiger partial charge >= 0.3 is 0 Å². The molecule has 0 unspecified atom stereocenters. The number of nitriles is 2. The summed E-state index contributed by atoms with van der Waals surface area (Å²) in [6, 6.07) is 7.35. The van der Waals surface area contributed by atoms with Gasteiger partial charge in [0.25, 0.3) is 0 Å². The number of aliphatic imine (C=N–C) groups is 1. The summed E-state index contributed by atoms with van der Waals surface area (Å²) < 4.78 is 5.95. The number of amidine groups is 1. The molecule has 0 aromatic heterocycles. The molecule has 1 aromatic carbocycles. The molecule has 1 aliphatic rings. The fraction of sp³-hybridized carbons (Fsp3) is 0.278. The van der Waals surface area contributed by atoms with Gasteiger partial charge in [-0.1, -0.05) is 5.92 Å². The first-order valence-corrected chi connectivity index (χ1v) is 7.02. The smallest absolute Gasteiger partial charge is 0.207 e. The predicted molar refractivity (Wildman–Crippen MR) is 88.1 cm³/mol. The van der Waals surface area contributed by atoms with Crippen LogP contribution < -0.4 is 4.74 Å². The minimum Gasteiger partial charge on any atom is -0.483 e. The normalized spacial score (nSPS) is 15.1. The van der Waals surface area contributed by atoms with E-state index in [0.717, 1.165) is 11.3 Å². The standard InChI is InChI=1S/C18H16N4O/c1-5-8-22(13(2)21-12-20)16-10-18(3,4)23-17-7-6-14(11-19)9-15(16)17/h1,6-7,9-10H,8H2,2-4H3/b21-13+.